The van der Waals surface area contributed by atoms with Crippen molar-refractivity contribution in [1.29, 1.82) is 0 Å². The maximum atomic E-state index is 12.6. The van der Waals surface area contributed by atoms with Gasteiger partial charge in [-0.3, -0.25) is 4.21 Å². The summed E-state index contributed by atoms with van der Waals surface area (Å²) in [5.41, 5.74) is 3.02. The van der Waals surface area contributed by atoms with Crippen molar-refractivity contribution in [2.45, 2.75) is 11.4 Å². The second-order valence-electron chi connectivity index (χ2n) is 5.88. The van der Waals surface area contributed by atoms with Crippen LogP contribution in [-0.2, 0) is 17.3 Å². The minimum absolute atomic E-state index is 0.120. The Balaban J connectivity index is 1.72. The number of urea groups is 1. The van der Waals surface area contributed by atoms with Crippen molar-refractivity contribution in [3.63, 3.8) is 0 Å². The number of anilines is 2. The Kier molecular flexibility index (Phi) is 4.85. The number of para-hydroxylation sites is 1. The van der Waals surface area contributed by atoms with Crippen LogP contribution < -0.4 is 10.2 Å². The Labute approximate surface area is 144 Å². The Morgan fingerprint density at radius 1 is 1.08 bits per heavy atom. The molecule has 0 unspecified atom stereocenters. The lowest BCUT2D eigenvalue weighted by molar-refractivity contribution is 0.212. The van der Waals surface area contributed by atoms with E-state index in [2.05, 4.69) is 22.3 Å². The Bertz CT molecular complexity index is 761. The van der Waals surface area contributed by atoms with E-state index in [0.717, 1.165) is 17.0 Å². The maximum absolute atomic E-state index is 12.6. The van der Waals surface area contributed by atoms with Crippen LogP contribution in [0.15, 0.2) is 53.4 Å². The smallest absolute Gasteiger partial charge is 0.322 e. The molecule has 0 bridgehead atoms. The molecule has 126 valence electrons. The van der Waals surface area contributed by atoms with Gasteiger partial charge < -0.3 is 15.1 Å². The van der Waals surface area contributed by atoms with Crippen LogP contribution in [0.1, 0.15) is 5.56 Å². The fourth-order valence-corrected chi connectivity index (χ4v) is 3.32. The molecule has 1 atom stereocenters. The Hall–Kier alpha value is -2.34. The molecule has 0 aromatic heterocycles. The van der Waals surface area contributed by atoms with Crippen LogP contribution in [-0.4, -0.2) is 41.5 Å². The third-order valence-corrected chi connectivity index (χ3v) is 5.13. The highest BCUT2D eigenvalue weighted by molar-refractivity contribution is 7.84. The number of fused-ring (bicyclic) bond motifs is 1. The van der Waals surface area contributed by atoms with Gasteiger partial charge in [0.15, 0.2) is 0 Å². The predicted molar refractivity (Wildman–Crippen MR) is 97.9 cm³/mol. The zero-order chi connectivity index (χ0) is 17.1. The number of carbonyl (C=O) groups excluding carboxylic acids is 1. The average Bonchev–Trinajstić information content (AvgIpc) is 2.75. The van der Waals surface area contributed by atoms with Crippen LogP contribution in [0, 0.1) is 0 Å². The van der Waals surface area contributed by atoms with Crippen molar-refractivity contribution >= 4 is 28.2 Å². The number of carbonyl (C=O) groups is 1. The molecule has 0 saturated heterocycles. The Morgan fingerprint density at radius 3 is 2.50 bits per heavy atom. The molecule has 3 rings (SSSR count). The van der Waals surface area contributed by atoms with Gasteiger partial charge in [0.2, 0.25) is 0 Å². The summed E-state index contributed by atoms with van der Waals surface area (Å²) in [6.07, 6.45) is 1.64. The van der Waals surface area contributed by atoms with Crippen molar-refractivity contribution < 1.29 is 9.00 Å². The van der Waals surface area contributed by atoms with Gasteiger partial charge in [-0.05, 0) is 35.9 Å². The lowest BCUT2D eigenvalue weighted by Gasteiger charge is -2.21. The highest BCUT2D eigenvalue weighted by atomic mass is 32.2. The summed E-state index contributed by atoms with van der Waals surface area (Å²) in [7, 11) is 1.03. The summed E-state index contributed by atoms with van der Waals surface area (Å²) in [5, 5.41) is 2.92. The van der Waals surface area contributed by atoms with E-state index >= 15 is 0 Å². The molecule has 0 fully saturated rings. The van der Waals surface area contributed by atoms with E-state index in [1.807, 2.05) is 24.1 Å². The second-order valence-corrected chi connectivity index (χ2v) is 7.26. The van der Waals surface area contributed by atoms with Crippen molar-refractivity contribution in [2.75, 3.05) is 36.6 Å². The standard InChI is InChI=1S/C18H21N3O2S/c1-20-11-12-21(13-14-5-3-4-6-17(14)20)18(22)19-15-7-9-16(10-8-15)24(2)23/h3-10H,11-13H2,1-2H3,(H,19,22)/t24-/m1/s1. The molecule has 0 spiro atoms. The minimum atomic E-state index is -1.01. The molecule has 5 nitrogen and oxygen atoms in total. The summed E-state index contributed by atoms with van der Waals surface area (Å²) in [6.45, 7) is 2.04. The number of amides is 2. The van der Waals surface area contributed by atoms with Gasteiger partial charge >= 0.3 is 6.03 Å². The largest absolute Gasteiger partial charge is 0.373 e. The van der Waals surface area contributed by atoms with Gasteiger partial charge in [0.25, 0.3) is 0 Å². The van der Waals surface area contributed by atoms with Crippen LogP contribution in [0.4, 0.5) is 16.2 Å². The molecule has 0 aliphatic carbocycles. The zero-order valence-electron chi connectivity index (χ0n) is 13.9. The topological polar surface area (TPSA) is 52.6 Å². The number of likely N-dealkylation sites (N-methyl/N-ethyl adjacent to an activating group) is 1. The number of nitrogens with zero attached hydrogens (tertiary/aromatic N) is 2. The van der Waals surface area contributed by atoms with Crippen LogP contribution in [0.5, 0.6) is 0 Å². The van der Waals surface area contributed by atoms with Crippen molar-refractivity contribution in [3.05, 3.63) is 54.1 Å². The molecule has 0 radical (unpaired) electrons. The van der Waals surface area contributed by atoms with Gasteiger partial charge in [-0.2, -0.15) is 0 Å². The molecule has 1 heterocycles. The summed E-state index contributed by atoms with van der Waals surface area (Å²) in [4.78, 5) is 17.3. The first-order chi connectivity index (χ1) is 11.5. The van der Waals surface area contributed by atoms with Gasteiger partial charge in [-0.25, -0.2) is 4.79 Å². The van der Waals surface area contributed by atoms with Crippen molar-refractivity contribution in [2.24, 2.45) is 0 Å². The third kappa shape index (κ3) is 3.59. The summed E-state index contributed by atoms with van der Waals surface area (Å²) < 4.78 is 11.4. The number of benzene rings is 2. The predicted octanol–water partition coefficient (Wildman–Crippen LogP) is 2.91. The summed E-state index contributed by atoms with van der Waals surface area (Å²) in [6, 6.07) is 15.2. The molecule has 1 N–H and O–H groups in total. The van der Waals surface area contributed by atoms with E-state index in [1.165, 1.54) is 5.69 Å². The fraction of sp³-hybridized carbons (Fsp3) is 0.278. The van der Waals surface area contributed by atoms with Gasteiger partial charge in [0.05, 0.1) is 0 Å². The molecule has 6 heteroatoms. The molecule has 0 saturated carbocycles. The molecular weight excluding hydrogens is 322 g/mol. The monoisotopic (exact) mass is 343 g/mol. The first kappa shape index (κ1) is 16.5. The molecule has 2 aromatic rings. The van der Waals surface area contributed by atoms with Gasteiger partial charge in [0, 0.05) is 60.0 Å². The Morgan fingerprint density at radius 2 is 1.79 bits per heavy atom. The molecule has 1 aliphatic heterocycles. The molecule has 2 amide bonds. The quantitative estimate of drug-likeness (QED) is 0.912. The van der Waals surface area contributed by atoms with Crippen molar-refractivity contribution in [1.82, 2.24) is 4.90 Å². The van der Waals surface area contributed by atoms with Gasteiger partial charge in [-0.15, -0.1) is 0 Å². The van der Waals surface area contributed by atoms with E-state index in [-0.39, 0.29) is 6.03 Å². The molecule has 24 heavy (non-hydrogen) atoms. The second kappa shape index (κ2) is 7.05. The molecular formula is C18H21N3O2S. The lowest BCUT2D eigenvalue weighted by Crippen LogP contribution is -2.37. The van der Waals surface area contributed by atoms with Crippen molar-refractivity contribution in [3.8, 4) is 0 Å². The van der Waals surface area contributed by atoms with E-state index in [0.29, 0.717) is 18.8 Å². The maximum Gasteiger partial charge on any atom is 0.322 e. The van der Waals surface area contributed by atoms with E-state index < -0.39 is 10.8 Å². The highest BCUT2D eigenvalue weighted by Crippen LogP contribution is 2.24. The first-order valence-corrected chi connectivity index (χ1v) is 9.39. The minimum Gasteiger partial charge on any atom is -0.373 e. The van der Waals surface area contributed by atoms with Crippen LogP contribution in [0.2, 0.25) is 0 Å². The zero-order valence-corrected chi connectivity index (χ0v) is 14.7. The van der Waals surface area contributed by atoms with Crippen LogP contribution in [0.3, 0.4) is 0 Å². The first-order valence-electron chi connectivity index (χ1n) is 7.83. The van der Waals surface area contributed by atoms with Gasteiger partial charge in [-0.1, -0.05) is 18.2 Å². The fourth-order valence-electron chi connectivity index (χ4n) is 2.80. The summed E-state index contributed by atoms with van der Waals surface area (Å²) >= 11 is 0. The van der Waals surface area contributed by atoms with E-state index in [1.54, 1.807) is 30.5 Å². The molecule has 1 aliphatic rings. The average molecular weight is 343 g/mol. The van der Waals surface area contributed by atoms with Crippen LogP contribution >= 0.6 is 0 Å². The number of rotatable bonds is 2. The van der Waals surface area contributed by atoms with E-state index in [4.69, 9.17) is 0 Å². The SMILES string of the molecule is CN1CCN(C(=O)Nc2ccc([S@@](C)=O)cc2)Cc2ccccc21. The number of nitrogens with one attached hydrogen (secondary N) is 1. The number of hydrogen-bond acceptors (Lipinski definition) is 3. The van der Waals surface area contributed by atoms with E-state index in [9.17, 15) is 9.00 Å². The normalized spacial score (nSPS) is 15.4. The lowest BCUT2D eigenvalue weighted by atomic mass is 10.1. The highest BCUT2D eigenvalue weighted by Gasteiger charge is 2.21. The molecule has 2 aromatic carbocycles. The summed E-state index contributed by atoms with van der Waals surface area (Å²) in [5.74, 6) is 0. The third-order valence-electron chi connectivity index (χ3n) is 4.19. The number of hydrogen-bond donors (Lipinski definition) is 1. The van der Waals surface area contributed by atoms with Gasteiger partial charge in [0.1, 0.15) is 0 Å². The van der Waals surface area contributed by atoms with Crippen LogP contribution in [0.25, 0.3) is 0 Å².